The van der Waals surface area contributed by atoms with Gasteiger partial charge in [-0.2, -0.15) is 0 Å². The fourth-order valence-corrected chi connectivity index (χ4v) is 8.86. The molecule has 485 valence electrons. The third-order valence-electron chi connectivity index (χ3n) is 13.7. The summed E-state index contributed by atoms with van der Waals surface area (Å²) in [4.78, 5) is 45.7. The van der Waals surface area contributed by atoms with Crippen molar-refractivity contribution in [3.8, 4) is 56.0 Å². The minimum absolute atomic E-state index is 0. The van der Waals surface area contributed by atoms with Gasteiger partial charge >= 0.3 is 0 Å². The normalized spacial score (nSPS) is 11.1. The summed E-state index contributed by atoms with van der Waals surface area (Å²) < 4.78 is 0. The van der Waals surface area contributed by atoms with Gasteiger partial charge in [0.2, 0.25) is 0 Å². The molecule has 12 heteroatoms. The van der Waals surface area contributed by atoms with Crippen molar-refractivity contribution in [3.63, 3.8) is 0 Å². The molecule has 9 nitrogen and oxygen atoms in total. The van der Waals surface area contributed by atoms with Gasteiger partial charge in [-0.15, -0.1) is 88.8 Å². The van der Waals surface area contributed by atoms with Crippen LogP contribution in [0.4, 0.5) is 0 Å². The summed E-state index contributed by atoms with van der Waals surface area (Å²) in [5, 5.41) is 32.2. The predicted molar refractivity (Wildman–Crippen MR) is 375 cm³/mol. The van der Waals surface area contributed by atoms with E-state index in [0.29, 0.717) is 0 Å². The van der Waals surface area contributed by atoms with E-state index in [-0.39, 0.29) is 100 Å². The van der Waals surface area contributed by atoms with E-state index in [1.165, 1.54) is 78.9 Å². The van der Waals surface area contributed by atoms with Crippen molar-refractivity contribution in [2.45, 2.75) is 69.2 Å². The number of hydrogen-bond donors (Lipinski definition) is 3. The van der Waals surface area contributed by atoms with Gasteiger partial charge in [0.15, 0.2) is 17.3 Å². The molecule has 0 aliphatic heterocycles. The molecule has 0 amide bonds. The van der Waals surface area contributed by atoms with Gasteiger partial charge in [0.25, 0.3) is 0 Å². The van der Waals surface area contributed by atoms with Crippen LogP contribution in [0.25, 0.3) is 99.5 Å². The molecule has 0 aliphatic rings. The maximum absolute atomic E-state index is 11.5. The molecule has 0 aliphatic carbocycles. The number of carbonyl (C=O) groups excluding carboxylic acids is 3. The van der Waals surface area contributed by atoms with E-state index in [0.717, 1.165) is 66.5 Å². The molecule has 3 N–H and O–H groups in total. The van der Waals surface area contributed by atoms with Crippen LogP contribution in [-0.2, 0) is 74.7 Å². The van der Waals surface area contributed by atoms with Crippen molar-refractivity contribution in [1.82, 2.24) is 15.0 Å². The molecule has 3 aromatic heterocycles. The third-order valence-corrected chi connectivity index (χ3v) is 13.7. The third kappa shape index (κ3) is 24.5. The van der Waals surface area contributed by atoms with Crippen LogP contribution in [0.15, 0.2) is 278 Å². The number of pyridine rings is 3. The largest absolute Gasteiger partial charge is 0.512 e. The first-order valence-corrected chi connectivity index (χ1v) is 29.9. The summed E-state index contributed by atoms with van der Waals surface area (Å²) in [6.07, 6.45) is 3.67. The standard InChI is InChI=1S/2C21H14N.C19H12N.C11H20O2.2C5H8O2.3Ir/c2*1-2-6-16(7-3-1)17-10-12-19(13-11-17)21-15-14-18-8-4-5-9-20(18)22-21;1-2-7-16-13-17(10-9-14(16)5-1)19-12-11-15-6-3-4-8-18(15)20-19;1-10(2,3)8(12)7-9(13)11(4,5)6;2*1-4(6)3-5(2)7;;;/h2*1-12,14-15H;1-9,11-13H;7,12H,1-6H3;2*3,6H,1-2H3;;;/q3*-1;;;;;;. The van der Waals surface area contributed by atoms with Crippen LogP contribution in [0.2, 0.25) is 0 Å². The summed E-state index contributed by atoms with van der Waals surface area (Å²) in [5.74, 6) is -0.0210. The number of aliphatic hydroxyl groups excluding tert-OH is 3. The fourth-order valence-electron chi connectivity index (χ4n) is 8.86. The molecule has 3 radical (unpaired) electrons. The van der Waals surface area contributed by atoms with E-state index < -0.39 is 5.41 Å². The van der Waals surface area contributed by atoms with E-state index in [2.05, 4.69) is 146 Å². The number of nitrogens with zero attached hydrogens (tertiary/aromatic N) is 3. The quantitative estimate of drug-likeness (QED) is 0.0767. The molecule has 9 aromatic carbocycles. The molecular weight excluding hydrogens is 1700 g/mol. The maximum Gasteiger partial charge on any atom is 0.164 e. The van der Waals surface area contributed by atoms with Crippen LogP contribution in [0, 0.1) is 29.0 Å². The Labute approximate surface area is 593 Å². The van der Waals surface area contributed by atoms with Crippen LogP contribution in [0.5, 0.6) is 0 Å². The molecule has 0 bridgehead atoms. The second kappa shape index (κ2) is 37.7. The summed E-state index contributed by atoms with van der Waals surface area (Å²) in [5.41, 5.74) is 13.0. The fraction of sp³-hybridized carbons (Fsp3) is 0.146. The second-order valence-corrected chi connectivity index (χ2v) is 23.5. The van der Waals surface area contributed by atoms with E-state index in [1.54, 1.807) is 0 Å². The molecule has 12 aromatic rings. The Bertz CT molecular complexity index is 4230. The van der Waals surface area contributed by atoms with Gasteiger partial charge in [0.05, 0.1) is 28.1 Å². The van der Waals surface area contributed by atoms with Crippen LogP contribution >= 0.6 is 0 Å². The zero-order valence-electron chi connectivity index (χ0n) is 54.2. The van der Waals surface area contributed by atoms with Crippen molar-refractivity contribution in [1.29, 1.82) is 0 Å². The molecule has 0 saturated heterocycles. The zero-order valence-corrected chi connectivity index (χ0v) is 61.4. The Morgan fingerprint density at radius 3 is 0.989 bits per heavy atom. The van der Waals surface area contributed by atoms with Gasteiger partial charge in [-0.3, -0.25) is 29.3 Å². The number of ketones is 3. The Balaban J connectivity index is 0.000000251. The van der Waals surface area contributed by atoms with Crippen molar-refractivity contribution < 1.29 is 90.0 Å². The average molecular weight is 1780 g/mol. The smallest absolute Gasteiger partial charge is 0.164 e. The van der Waals surface area contributed by atoms with E-state index in [4.69, 9.17) is 25.2 Å². The van der Waals surface area contributed by atoms with Gasteiger partial charge in [-0.1, -0.05) is 245 Å². The van der Waals surface area contributed by atoms with Gasteiger partial charge in [0.1, 0.15) is 5.76 Å². The van der Waals surface area contributed by atoms with Gasteiger partial charge in [-0.25, -0.2) is 0 Å². The molecule has 3 heterocycles. The number of hydrogen-bond acceptors (Lipinski definition) is 9. The Morgan fingerprint density at radius 2 is 0.670 bits per heavy atom. The number of allylic oxidation sites excluding steroid dienone is 6. The number of benzene rings is 9. The van der Waals surface area contributed by atoms with Crippen molar-refractivity contribution in [2.24, 2.45) is 10.8 Å². The number of para-hydroxylation sites is 3. The summed E-state index contributed by atoms with van der Waals surface area (Å²) in [6, 6.07) is 92.7. The van der Waals surface area contributed by atoms with Crippen molar-refractivity contribution in [2.75, 3.05) is 0 Å². The molecule has 0 atom stereocenters. The van der Waals surface area contributed by atoms with Crippen molar-refractivity contribution >= 4 is 60.8 Å². The van der Waals surface area contributed by atoms with Crippen LogP contribution in [-0.4, -0.2) is 47.6 Å². The van der Waals surface area contributed by atoms with Crippen LogP contribution < -0.4 is 0 Å². The van der Waals surface area contributed by atoms with E-state index in [1.807, 2.05) is 157 Å². The van der Waals surface area contributed by atoms with Gasteiger partial charge in [0, 0.05) is 89.4 Å². The number of rotatable bonds is 8. The monoisotopic (exact) mass is 1780 g/mol. The molecule has 0 saturated carbocycles. The molecule has 12 rings (SSSR count). The SMILES string of the molecule is CC(=O)C=C(C)O.CC(=O)C=C(C)O.CC(C)(C)C(=O)C=C(O)C(C)(C)C.[Ir].[Ir].[Ir].[c-]1cc(-c2ccccc2)ccc1-c1ccc2ccccc2n1.[c-]1cc(-c2ccccc2)ccc1-c1ccc2ccccc2n1.[c-]1cc2ccccc2cc1-c1ccc2ccccc2n1. The molecule has 0 fully saturated rings. The molecule has 94 heavy (non-hydrogen) atoms. The van der Waals surface area contributed by atoms with Crippen LogP contribution in [0.3, 0.4) is 0 Å². The van der Waals surface area contributed by atoms with Crippen molar-refractivity contribution in [3.05, 3.63) is 296 Å². The number of aliphatic hydroxyl groups is 3. The first-order valence-electron chi connectivity index (χ1n) is 29.9. The van der Waals surface area contributed by atoms with E-state index in [9.17, 15) is 19.5 Å². The zero-order chi connectivity index (χ0) is 65.5. The first-order chi connectivity index (χ1) is 43.5. The van der Waals surface area contributed by atoms with E-state index >= 15 is 0 Å². The summed E-state index contributed by atoms with van der Waals surface area (Å²) in [7, 11) is 0. The van der Waals surface area contributed by atoms with Crippen LogP contribution in [0.1, 0.15) is 69.2 Å². The molecular formula is C82H76Ir3N3O6-3. The first kappa shape index (κ1) is 77.5. The Kier molecular flexibility index (Phi) is 31.1. The summed E-state index contributed by atoms with van der Waals surface area (Å²) >= 11 is 0. The molecule has 0 unspecified atom stereocenters. The van der Waals surface area contributed by atoms with Gasteiger partial charge in [-0.05, 0) is 79.1 Å². The minimum atomic E-state index is -0.417. The number of fused-ring (bicyclic) bond motifs is 4. The molecule has 0 spiro atoms. The average Bonchev–Trinajstić information content (AvgIpc) is 0.845. The number of carbonyl (C=O) groups is 3. The minimum Gasteiger partial charge on any atom is -0.512 e. The Morgan fingerprint density at radius 1 is 0.340 bits per heavy atom. The summed E-state index contributed by atoms with van der Waals surface area (Å²) in [6.45, 7) is 16.8. The second-order valence-electron chi connectivity index (χ2n) is 23.5. The predicted octanol–water partition coefficient (Wildman–Crippen LogP) is 20.7. The maximum atomic E-state index is 11.5. The van der Waals surface area contributed by atoms with Gasteiger partial charge < -0.3 is 15.3 Å². The number of aromatic nitrogens is 3. The topological polar surface area (TPSA) is 151 Å². The Hall–Kier alpha value is -8.95.